The molecule has 0 bridgehead atoms. The van der Waals surface area contributed by atoms with E-state index in [1.807, 2.05) is 0 Å². The molecule has 156 valence electrons. The van der Waals surface area contributed by atoms with Crippen molar-refractivity contribution in [2.45, 2.75) is 4.90 Å². The van der Waals surface area contributed by atoms with Gasteiger partial charge in [-0.2, -0.15) is 4.31 Å². The molecule has 1 saturated heterocycles. The Kier molecular flexibility index (Phi) is 6.33. The van der Waals surface area contributed by atoms with E-state index in [9.17, 15) is 22.0 Å². The Morgan fingerprint density at radius 2 is 1.62 bits per heavy atom. The van der Waals surface area contributed by atoms with E-state index in [0.29, 0.717) is 17.6 Å². The van der Waals surface area contributed by atoms with Gasteiger partial charge in [0.15, 0.2) is 6.61 Å². The highest BCUT2D eigenvalue weighted by atomic mass is 32.2. The number of nitrogens with zero attached hydrogens (tertiary/aromatic N) is 2. The minimum atomic E-state index is -4.19. The molecule has 10 heteroatoms. The predicted molar refractivity (Wildman–Crippen MR) is 100 cm³/mol. The van der Waals surface area contributed by atoms with Gasteiger partial charge in [-0.1, -0.05) is 0 Å². The minimum absolute atomic E-state index is 0.0213. The Morgan fingerprint density at radius 3 is 2.24 bits per heavy atom. The number of rotatable bonds is 6. The second kappa shape index (κ2) is 8.75. The van der Waals surface area contributed by atoms with Gasteiger partial charge in [-0.3, -0.25) is 4.79 Å². The van der Waals surface area contributed by atoms with Crippen LogP contribution in [0, 0.1) is 11.6 Å². The zero-order chi connectivity index (χ0) is 21.0. The van der Waals surface area contributed by atoms with Gasteiger partial charge in [0, 0.05) is 26.2 Å². The number of methoxy groups -OCH3 is 1. The summed E-state index contributed by atoms with van der Waals surface area (Å²) < 4.78 is 63.9. The smallest absolute Gasteiger partial charge is 0.260 e. The third kappa shape index (κ3) is 4.83. The third-order valence-electron chi connectivity index (χ3n) is 4.52. The van der Waals surface area contributed by atoms with Gasteiger partial charge in [0.05, 0.1) is 7.11 Å². The maximum absolute atomic E-state index is 13.9. The van der Waals surface area contributed by atoms with Crippen molar-refractivity contribution >= 4 is 15.9 Å². The van der Waals surface area contributed by atoms with Crippen LogP contribution in [0.25, 0.3) is 0 Å². The summed E-state index contributed by atoms with van der Waals surface area (Å²) in [5.41, 5.74) is 0. The molecule has 2 aromatic carbocycles. The van der Waals surface area contributed by atoms with Gasteiger partial charge in [0.2, 0.25) is 10.0 Å². The zero-order valence-electron chi connectivity index (χ0n) is 15.7. The molecule has 29 heavy (non-hydrogen) atoms. The first-order valence-corrected chi connectivity index (χ1v) is 10.2. The lowest BCUT2D eigenvalue weighted by Gasteiger charge is -2.34. The highest BCUT2D eigenvalue weighted by Gasteiger charge is 2.32. The molecule has 0 unspecified atom stereocenters. The molecule has 1 fully saturated rings. The number of carbonyl (C=O) groups is 1. The molecule has 0 spiro atoms. The SMILES string of the molecule is COc1ccc(OCC(=O)N2CCN(S(=O)(=O)c3cc(F)ccc3F)CC2)cc1. The summed E-state index contributed by atoms with van der Waals surface area (Å²) in [4.78, 5) is 13.1. The lowest BCUT2D eigenvalue weighted by Crippen LogP contribution is -2.51. The Morgan fingerprint density at radius 1 is 1.00 bits per heavy atom. The summed E-state index contributed by atoms with van der Waals surface area (Å²) in [5, 5.41) is 0. The van der Waals surface area contributed by atoms with Crippen molar-refractivity contribution in [3.05, 3.63) is 54.1 Å². The predicted octanol–water partition coefficient (Wildman–Crippen LogP) is 1.89. The van der Waals surface area contributed by atoms with Gasteiger partial charge in [0.1, 0.15) is 28.0 Å². The van der Waals surface area contributed by atoms with E-state index in [1.165, 1.54) is 4.90 Å². The first-order chi connectivity index (χ1) is 13.8. The van der Waals surface area contributed by atoms with Crippen molar-refractivity contribution in [3.8, 4) is 11.5 Å². The van der Waals surface area contributed by atoms with Crippen LogP contribution in [0.3, 0.4) is 0 Å². The van der Waals surface area contributed by atoms with Crippen molar-refractivity contribution in [3.63, 3.8) is 0 Å². The summed E-state index contributed by atoms with van der Waals surface area (Å²) in [7, 11) is -2.65. The number of hydrogen-bond acceptors (Lipinski definition) is 5. The second-order valence-corrected chi connectivity index (χ2v) is 8.23. The van der Waals surface area contributed by atoms with Crippen molar-refractivity contribution < 1.29 is 31.5 Å². The molecule has 1 aliphatic heterocycles. The summed E-state index contributed by atoms with van der Waals surface area (Å²) >= 11 is 0. The van der Waals surface area contributed by atoms with Crippen LogP contribution in [0.5, 0.6) is 11.5 Å². The Bertz CT molecular complexity index is 975. The molecule has 2 aromatic rings. The van der Waals surface area contributed by atoms with Crippen LogP contribution in [-0.4, -0.2) is 63.4 Å². The first-order valence-electron chi connectivity index (χ1n) is 8.81. The molecule has 1 amide bonds. The third-order valence-corrected chi connectivity index (χ3v) is 6.44. The Hall–Kier alpha value is -2.72. The highest BCUT2D eigenvalue weighted by molar-refractivity contribution is 7.89. The van der Waals surface area contributed by atoms with Gasteiger partial charge in [-0.25, -0.2) is 17.2 Å². The summed E-state index contributed by atoms with van der Waals surface area (Å²) in [6, 6.07) is 9.04. The summed E-state index contributed by atoms with van der Waals surface area (Å²) in [6.45, 7) is 0.0126. The van der Waals surface area contributed by atoms with Crippen LogP contribution in [0.1, 0.15) is 0 Å². The van der Waals surface area contributed by atoms with Crippen molar-refractivity contribution in [1.82, 2.24) is 9.21 Å². The second-order valence-electron chi connectivity index (χ2n) is 6.32. The van der Waals surface area contributed by atoms with Crippen LogP contribution >= 0.6 is 0 Å². The number of halogens is 2. The van der Waals surface area contributed by atoms with Crippen LogP contribution in [0.4, 0.5) is 8.78 Å². The minimum Gasteiger partial charge on any atom is -0.497 e. The maximum Gasteiger partial charge on any atom is 0.260 e. The lowest BCUT2D eigenvalue weighted by atomic mass is 10.3. The van der Waals surface area contributed by atoms with Crippen molar-refractivity contribution in [1.29, 1.82) is 0 Å². The van der Waals surface area contributed by atoms with Gasteiger partial charge in [0.25, 0.3) is 5.91 Å². The van der Waals surface area contributed by atoms with Crippen LogP contribution in [0.2, 0.25) is 0 Å². The molecule has 7 nitrogen and oxygen atoms in total. The topological polar surface area (TPSA) is 76.2 Å². The Balaban J connectivity index is 1.56. The highest BCUT2D eigenvalue weighted by Crippen LogP contribution is 2.22. The Labute approximate surface area is 167 Å². The largest absolute Gasteiger partial charge is 0.497 e. The fraction of sp³-hybridized carbons (Fsp3) is 0.316. The van der Waals surface area contributed by atoms with E-state index < -0.39 is 26.6 Å². The maximum atomic E-state index is 13.9. The number of amides is 1. The average Bonchev–Trinajstić information content (AvgIpc) is 2.74. The number of piperazine rings is 1. The van der Waals surface area contributed by atoms with E-state index >= 15 is 0 Å². The molecular formula is C19H20F2N2O5S. The molecule has 0 aromatic heterocycles. The number of hydrogen-bond donors (Lipinski definition) is 0. The summed E-state index contributed by atoms with van der Waals surface area (Å²) in [5.74, 6) is -0.986. The number of carbonyl (C=O) groups excluding carboxylic acids is 1. The van der Waals surface area contributed by atoms with Crippen molar-refractivity contribution in [2.75, 3.05) is 39.9 Å². The monoisotopic (exact) mass is 426 g/mol. The molecule has 1 heterocycles. The standard InChI is InChI=1S/C19H20F2N2O5S/c1-27-15-3-5-16(6-4-15)28-13-19(24)22-8-10-23(11-9-22)29(25,26)18-12-14(20)2-7-17(18)21/h2-7,12H,8-11,13H2,1H3. The van der Waals surface area contributed by atoms with E-state index in [4.69, 9.17) is 9.47 Å². The molecule has 0 aliphatic carbocycles. The van der Waals surface area contributed by atoms with Gasteiger partial charge in [-0.05, 0) is 42.5 Å². The van der Waals surface area contributed by atoms with Gasteiger partial charge < -0.3 is 14.4 Å². The molecule has 3 rings (SSSR count). The fourth-order valence-electron chi connectivity index (χ4n) is 2.90. The van der Waals surface area contributed by atoms with E-state index in [0.717, 1.165) is 16.4 Å². The van der Waals surface area contributed by atoms with Crippen LogP contribution < -0.4 is 9.47 Å². The lowest BCUT2D eigenvalue weighted by molar-refractivity contribution is -0.134. The van der Waals surface area contributed by atoms with E-state index in [2.05, 4.69) is 0 Å². The molecular weight excluding hydrogens is 406 g/mol. The van der Waals surface area contributed by atoms with Crippen LogP contribution in [-0.2, 0) is 14.8 Å². The molecule has 1 aliphatic rings. The zero-order valence-corrected chi connectivity index (χ0v) is 16.5. The van der Waals surface area contributed by atoms with Gasteiger partial charge in [-0.15, -0.1) is 0 Å². The van der Waals surface area contributed by atoms with E-state index in [-0.39, 0.29) is 38.7 Å². The quantitative estimate of drug-likeness (QED) is 0.705. The number of sulfonamides is 1. The number of ether oxygens (including phenoxy) is 2. The van der Waals surface area contributed by atoms with E-state index in [1.54, 1.807) is 31.4 Å². The van der Waals surface area contributed by atoms with Crippen LogP contribution in [0.15, 0.2) is 47.4 Å². The molecule has 0 radical (unpaired) electrons. The first kappa shape index (κ1) is 21.0. The normalized spacial score (nSPS) is 15.2. The number of benzene rings is 2. The van der Waals surface area contributed by atoms with Gasteiger partial charge >= 0.3 is 0 Å². The fourth-order valence-corrected chi connectivity index (χ4v) is 4.40. The van der Waals surface area contributed by atoms with Crippen molar-refractivity contribution in [2.24, 2.45) is 0 Å². The molecule has 0 atom stereocenters. The summed E-state index contributed by atoms with van der Waals surface area (Å²) in [6.07, 6.45) is 0. The molecule has 0 saturated carbocycles. The molecule has 0 N–H and O–H groups in total. The average molecular weight is 426 g/mol.